The van der Waals surface area contributed by atoms with E-state index in [1.165, 1.54) is 0 Å². The number of para-hydroxylation sites is 2. The summed E-state index contributed by atoms with van der Waals surface area (Å²) in [5, 5.41) is 0. The van der Waals surface area contributed by atoms with Gasteiger partial charge in [0, 0.05) is 6.42 Å². The van der Waals surface area contributed by atoms with Gasteiger partial charge in [-0.3, -0.25) is 9.63 Å². The zero-order valence-corrected chi connectivity index (χ0v) is 12.4. The van der Waals surface area contributed by atoms with Crippen LogP contribution in [0.3, 0.4) is 0 Å². The minimum Gasteiger partial charge on any atom is -0.493 e. The van der Waals surface area contributed by atoms with E-state index in [2.05, 4.69) is 5.48 Å². The van der Waals surface area contributed by atoms with Gasteiger partial charge in [0.25, 0.3) is 5.91 Å². The summed E-state index contributed by atoms with van der Waals surface area (Å²) in [6, 6.07) is 10.9. The predicted octanol–water partition coefficient (Wildman–Crippen LogP) is 2.35. The fourth-order valence-electron chi connectivity index (χ4n) is 1.82. The molecule has 0 saturated heterocycles. The van der Waals surface area contributed by atoms with Crippen LogP contribution in [0.4, 0.5) is 0 Å². The number of amides is 1. The SMILES string of the molecule is COc1ccccc1OCC(=O)NOCCCc1ccco1. The van der Waals surface area contributed by atoms with Crippen LogP contribution in [0.15, 0.2) is 47.1 Å². The second-order valence-corrected chi connectivity index (χ2v) is 4.50. The molecule has 0 spiro atoms. The summed E-state index contributed by atoms with van der Waals surface area (Å²) >= 11 is 0. The first-order valence-electron chi connectivity index (χ1n) is 6.98. The summed E-state index contributed by atoms with van der Waals surface area (Å²) in [7, 11) is 1.55. The number of nitrogens with one attached hydrogen (secondary N) is 1. The molecule has 0 bridgehead atoms. The molecule has 1 aromatic heterocycles. The topological polar surface area (TPSA) is 69.9 Å². The Kier molecular flexibility index (Phi) is 6.32. The van der Waals surface area contributed by atoms with Gasteiger partial charge in [0.1, 0.15) is 5.76 Å². The van der Waals surface area contributed by atoms with Gasteiger partial charge in [-0.15, -0.1) is 0 Å². The van der Waals surface area contributed by atoms with Gasteiger partial charge in [0.05, 0.1) is 20.0 Å². The third-order valence-electron chi connectivity index (χ3n) is 2.86. The van der Waals surface area contributed by atoms with E-state index in [-0.39, 0.29) is 12.5 Å². The summed E-state index contributed by atoms with van der Waals surface area (Å²) < 4.78 is 15.7. The highest BCUT2D eigenvalue weighted by atomic mass is 16.7. The van der Waals surface area contributed by atoms with Crippen molar-refractivity contribution in [2.75, 3.05) is 20.3 Å². The van der Waals surface area contributed by atoms with Crippen LogP contribution in [-0.4, -0.2) is 26.2 Å². The molecule has 0 fully saturated rings. The molecule has 1 amide bonds. The molecule has 22 heavy (non-hydrogen) atoms. The predicted molar refractivity (Wildman–Crippen MR) is 79.6 cm³/mol. The van der Waals surface area contributed by atoms with Crippen LogP contribution in [0, 0.1) is 0 Å². The summed E-state index contributed by atoms with van der Waals surface area (Å²) in [6.45, 7) is 0.264. The molecule has 2 aromatic rings. The molecule has 6 nitrogen and oxygen atoms in total. The van der Waals surface area contributed by atoms with Crippen LogP contribution >= 0.6 is 0 Å². The quantitative estimate of drug-likeness (QED) is 0.569. The lowest BCUT2D eigenvalue weighted by atomic mass is 10.3. The van der Waals surface area contributed by atoms with Crippen LogP contribution in [0.1, 0.15) is 12.2 Å². The highest BCUT2D eigenvalue weighted by Crippen LogP contribution is 2.25. The minimum atomic E-state index is -0.357. The average Bonchev–Trinajstić information content (AvgIpc) is 3.06. The van der Waals surface area contributed by atoms with Crippen molar-refractivity contribution in [3.8, 4) is 11.5 Å². The summed E-state index contributed by atoms with van der Waals surface area (Å²) in [5.41, 5.74) is 2.34. The van der Waals surface area contributed by atoms with Gasteiger partial charge < -0.3 is 13.9 Å². The Labute approximate surface area is 128 Å². The van der Waals surface area contributed by atoms with Crippen molar-refractivity contribution in [3.63, 3.8) is 0 Å². The lowest BCUT2D eigenvalue weighted by Gasteiger charge is -2.10. The molecule has 0 unspecified atom stereocenters. The molecule has 0 saturated carbocycles. The summed E-state index contributed by atoms with van der Waals surface area (Å²) in [6.07, 6.45) is 3.15. The Morgan fingerprint density at radius 3 is 2.73 bits per heavy atom. The molecule has 1 N–H and O–H groups in total. The third kappa shape index (κ3) is 5.14. The van der Waals surface area contributed by atoms with Gasteiger partial charge in [-0.1, -0.05) is 12.1 Å². The first-order chi connectivity index (χ1) is 10.8. The fraction of sp³-hybridized carbons (Fsp3) is 0.312. The van der Waals surface area contributed by atoms with Crippen molar-refractivity contribution in [1.82, 2.24) is 5.48 Å². The van der Waals surface area contributed by atoms with Gasteiger partial charge >= 0.3 is 0 Å². The molecule has 118 valence electrons. The first-order valence-corrected chi connectivity index (χ1v) is 6.98. The number of benzene rings is 1. The molecule has 0 radical (unpaired) electrons. The van der Waals surface area contributed by atoms with E-state index in [0.717, 1.165) is 18.6 Å². The van der Waals surface area contributed by atoms with Crippen molar-refractivity contribution in [3.05, 3.63) is 48.4 Å². The number of hydroxylamine groups is 1. The number of aryl methyl sites for hydroxylation is 1. The van der Waals surface area contributed by atoms with Crippen LogP contribution in [0.25, 0.3) is 0 Å². The van der Waals surface area contributed by atoms with Gasteiger partial charge in [-0.05, 0) is 30.7 Å². The molecular formula is C16H19NO5. The molecule has 1 heterocycles. The number of rotatable bonds is 9. The number of hydrogen-bond acceptors (Lipinski definition) is 5. The van der Waals surface area contributed by atoms with E-state index >= 15 is 0 Å². The standard InChI is InChI=1S/C16H19NO5/c1-19-14-8-2-3-9-15(14)21-12-16(18)17-22-11-5-7-13-6-4-10-20-13/h2-4,6,8-10H,5,7,11-12H2,1H3,(H,17,18). The zero-order valence-electron chi connectivity index (χ0n) is 12.4. The first kappa shape index (κ1) is 15.9. The van der Waals surface area contributed by atoms with Crippen molar-refractivity contribution < 1.29 is 23.5 Å². The van der Waals surface area contributed by atoms with Crippen molar-refractivity contribution >= 4 is 5.91 Å². The van der Waals surface area contributed by atoms with E-state index < -0.39 is 0 Å². The Balaban J connectivity index is 1.59. The molecule has 1 aromatic carbocycles. The van der Waals surface area contributed by atoms with E-state index in [9.17, 15) is 4.79 Å². The Hall–Kier alpha value is -2.47. The smallest absolute Gasteiger partial charge is 0.281 e. The monoisotopic (exact) mass is 305 g/mol. The number of methoxy groups -OCH3 is 1. The molecule has 0 aliphatic heterocycles. The Morgan fingerprint density at radius 2 is 2.00 bits per heavy atom. The number of ether oxygens (including phenoxy) is 2. The Bertz CT molecular complexity index is 568. The summed E-state index contributed by atoms with van der Waals surface area (Å²) in [5.74, 6) is 1.63. The normalized spacial score (nSPS) is 10.2. The van der Waals surface area contributed by atoms with Crippen molar-refractivity contribution in [1.29, 1.82) is 0 Å². The van der Waals surface area contributed by atoms with E-state index in [1.54, 1.807) is 31.6 Å². The second kappa shape index (κ2) is 8.74. The number of hydrogen-bond donors (Lipinski definition) is 1. The number of carbonyl (C=O) groups is 1. The molecular weight excluding hydrogens is 286 g/mol. The van der Waals surface area contributed by atoms with Crippen LogP contribution in [0.2, 0.25) is 0 Å². The second-order valence-electron chi connectivity index (χ2n) is 4.50. The van der Waals surface area contributed by atoms with E-state index in [4.69, 9.17) is 18.7 Å². The van der Waals surface area contributed by atoms with E-state index in [1.807, 2.05) is 18.2 Å². The molecule has 0 aliphatic rings. The van der Waals surface area contributed by atoms with Crippen LogP contribution in [-0.2, 0) is 16.1 Å². The van der Waals surface area contributed by atoms with E-state index in [0.29, 0.717) is 18.1 Å². The van der Waals surface area contributed by atoms with Crippen LogP contribution in [0.5, 0.6) is 11.5 Å². The molecule has 0 aliphatic carbocycles. The van der Waals surface area contributed by atoms with Gasteiger partial charge in [-0.25, -0.2) is 5.48 Å². The number of furan rings is 1. The zero-order chi connectivity index (χ0) is 15.6. The van der Waals surface area contributed by atoms with Crippen molar-refractivity contribution in [2.24, 2.45) is 0 Å². The number of carbonyl (C=O) groups excluding carboxylic acids is 1. The maximum atomic E-state index is 11.6. The fourth-order valence-corrected chi connectivity index (χ4v) is 1.82. The van der Waals surface area contributed by atoms with Gasteiger partial charge in [0.15, 0.2) is 18.1 Å². The minimum absolute atomic E-state index is 0.140. The third-order valence-corrected chi connectivity index (χ3v) is 2.86. The average molecular weight is 305 g/mol. The maximum Gasteiger partial charge on any atom is 0.281 e. The van der Waals surface area contributed by atoms with Gasteiger partial charge in [-0.2, -0.15) is 0 Å². The molecule has 0 atom stereocenters. The lowest BCUT2D eigenvalue weighted by Crippen LogP contribution is -2.29. The van der Waals surface area contributed by atoms with Crippen molar-refractivity contribution in [2.45, 2.75) is 12.8 Å². The molecule has 6 heteroatoms. The Morgan fingerprint density at radius 1 is 1.18 bits per heavy atom. The maximum absolute atomic E-state index is 11.6. The highest BCUT2D eigenvalue weighted by molar-refractivity contribution is 5.76. The molecule has 2 rings (SSSR count). The lowest BCUT2D eigenvalue weighted by molar-refractivity contribution is -0.135. The van der Waals surface area contributed by atoms with Crippen LogP contribution < -0.4 is 15.0 Å². The van der Waals surface area contributed by atoms with Gasteiger partial charge in [0.2, 0.25) is 0 Å². The highest BCUT2D eigenvalue weighted by Gasteiger charge is 2.06. The largest absolute Gasteiger partial charge is 0.493 e. The summed E-state index contributed by atoms with van der Waals surface area (Å²) in [4.78, 5) is 16.7.